The third-order valence-corrected chi connectivity index (χ3v) is 6.44. The van der Waals surface area contributed by atoms with E-state index < -0.39 is 0 Å². The maximum atomic E-state index is 12.9. The summed E-state index contributed by atoms with van der Waals surface area (Å²) in [6, 6.07) is 0.699. The van der Waals surface area contributed by atoms with Crippen LogP contribution in [0.15, 0.2) is 6.20 Å². The highest BCUT2D eigenvalue weighted by Gasteiger charge is 2.38. The van der Waals surface area contributed by atoms with Gasteiger partial charge in [0.15, 0.2) is 0 Å². The lowest BCUT2D eigenvalue weighted by Gasteiger charge is -2.51. The number of hydrogen-bond donors (Lipinski definition) is 0. The van der Waals surface area contributed by atoms with Gasteiger partial charge in [-0.3, -0.25) is 9.69 Å². The fourth-order valence-corrected chi connectivity index (χ4v) is 4.75. The third kappa shape index (κ3) is 3.37. The van der Waals surface area contributed by atoms with Gasteiger partial charge >= 0.3 is 0 Å². The molecule has 5 heterocycles. The van der Waals surface area contributed by atoms with Crippen molar-refractivity contribution in [2.45, 2.75) is 45.6 Å². The average molecular weight is 358 g/mol. The Morgan fingerprint density at radius 2 is 1.81 bits per heavy atom. The number of aromatic nitrogens is 2. The van der Waals surface area contributed by atoms with Crippen molar-refractivity contribution in [3.05, 3.63) is 23.3 Å². The normalized spacial score (nSPS) is 29.4. The van der Waals surface area contributed by atoms with Crippen LogP contribution in [0.4, 0.5) is 0 Å². The quantitative estimate of drug-likeness (QED) is 0.825. The number of aryl methyl sites for hydroxylation is 1. The van der Waals surface area contributed by atoms with Crippen LogP contribution in [-0.2, 0) is 0 Å². The third-order valence-electron chi connectivity index (χ3n) is 6.44. The Morgan fingerprint density at radius 3 is 2.35 bits per heavy atom. The van der Waals surface area contributed by atoms with Gasteiger partial charge in [0.25, 0.3) is 5.91 Å². The smallest absolute Gasteiger partial charge is 0.257 e. The average Bonchev–Trinajstić information content (AvgIpc) is 2.68. The maximum absolute atomic E-state index is 12.9. The molecule has 142 valence electrons. The molecule has 4 aliphatic rings. The first-order valence-corrected chi connectivity index (χ1v) is 10.1. The first-order valence-electron chi connectivity index (χ1n) is 10.1. The minimum Gasteiger partial charge on any atom is -0.336 e. The SMILES string of the molecule is Cc1nc(C(C)C)ncc1C(=O)N1CCN([C@@H]2CN3CCC2CC3)CC1. The van der Waals surface area contributed by atoms with Gasteiger partial charge in [0.05, 0.1) is 11.3 Å². The van der Waals surface area contributed by atoms with Crippen molar-refractivity contribution < 1.29 is 4.79 Å². The van der Waals surface area contributed by atoms with E-state index in [0.717, 1.165) is 43.6 Å². The van der Waals surface area contributed by atoms with E-state index in [1.165, 1.54) is 32.5 Å². The molecule has 5 rings (SSSR count). The molecule has 0 aromatic carbocycles. The molecular weight excluding hydrogens is 326 g/mol. The second-order valence-corrected chi connectivity index (χ2v) is 8.42. The summed E-state index contributed by atoms with van der Waals surface area (Å²) >= 11 is 0. The Morgan fingerprint density at radius 1 is 1.12 bits per heavy atom. The van der Waals surface area contributed by atoms with Gasteiger partial charge in [-0.2, -0.15) is 0 Å². The zero-order valence-corrected chi connectivity index (χ0v) is 16.3. The molecule has 4 fully saturated rings. The second kappa shape index (κ2) is 7.24. The molecule has 0 unspecified atom stereocenters. The number of hydrogen-bond acceptors (Lipinski definition) is 5. The van der Waals surface area contributed by atoms with E-state index in [1.54, 1.807) is 6.20 Å². The van der Waals surface area contributed by atoms with E-state index in [2.05, 4.69) is 33.6 Å². The van der Waals surface area contributed by atoms with Crippen molar-refractivity contribution in [2.75, 3.05) is 45.8 Å². The molecule has 1 atom stereocenters. The van der Waals surface area contributed by atoms with Gasteiger partial charge in [-0.15, -0.1) is 0 Å². The monoisotopic (exact) mass is 357 g/mol. The van der Waals surface area contributed by atoms with Crippen LogP contribution >= 0.6 is 0 Å². The molecule has 1 amide bonds. The summed E-state index contributed by atoms with van der Waals surface area (Å²) in [7, 11) is 0. The Kier molecular flexibility index (Phi) is 4.97. The molecule has 0 spiro atoms. The molecule has 4 saturated heterocycles. The highest BCUT2D eigenvalue weighted by molar-refractivity contribution is 5.95. The van der Waals surface area contributed by atoms with Gasteiger partial charge in [-0.25, -0.2) is 9.97 Å². The highest BCUT2D eigenvalue weighted by atomic mass is 16.2. The summed E-state index contributed by atoms with van der Waals surface area (Å²) in [5.41, 5.74) is 1.46. The molecule has 0 aliphatic carbocycles. The summed E-state index contributed by atoms with van der Waals surface area (Å²) in [6.07, 6.45) is 4.42. The minimum absolute atomic E-state index is 0.0892. The zero-order valence-electron chi connectivity index (χ0n) is 16.3. The van der Waals surface area contributed by atoms with Crippen LogP contribution in [0.2, 0.25) is 0 Å². The van der Waals surface area contributed by atoms with E-state index in [4.69, 9.17) is 0 Å². The van der Waals surface area contributed by atoms with Crippen LogP contribution in [0, 0.1) is 12.8 Å². The number of piperazine rings is 1. The van der Waals surface area contributed by atoms with Crippen LogP contribution in [-0.4, -0.2) is 82.4 Å². The number of fused-ring (bicyclic) bond motifs is 3. The lowest BCUT2D eigenvalue weighted by atomic mass is 9.83. The molecule has 0 N–H and O–H groups in total. The largest absolute Gasteiger partial charge is 0.336 e. The fourth-order valence-electron chi connectivity index (χ4n) is 4.75. The van der Waals surface area contributed by atoms with Gasteiger partial charge in [0.2, 0.25) is 0 Å². The van der Waals surface area contributed by atoms with Crippen LogP contribution in [0.25, 0.3) is 0 Å². The van der Waals surface area contributed by atoms with Crippen LogP contribution < -0.4 is 0 Å². The predicted molar refractivity (Wildman–Crippen MR) is 101 cm³/mol. The molecule has 0 radical (unpaired) electrons. The second-order valence-electron chi connectivity index (χ2n) is 8.42. The number of carbonyl (C=O) groups excluding carboxylic acids is 1. The number of piperidine rings is 3. The van der Waals surface area contributed by atoms with Crippen molar-refractivity contribution >= 4 is 5.91 Å². The molecule has 4 aliphatic heterocycles. The number of amides is 1. The summed E-state index contributed by atoms with van der Waals surface area (Å²) in [4.78, 5) is 29.1. The molecule has 1 aromatic rings. The number of carbonyl (C=O) groups is 1. The van der Waals surface area contributed by atoms with Gasteiger partial charge < -0.3 is 9.80 Å². The predicted octanol–water partition coefficient (Wildman–Crippen LogP) is 1.76. The van der Waals surface area contributed by atoms with E-state index in [1.807, 2.05) is 11.8 Å². The van der Waals surface area contributed by atoms with Gasteiger partial charge in [0, 0.05) is 50.9 Å². The van der Waals surface area contributed by atoms with E-state index in [-0.39, 0.29) is 11.8 Å². The lowest BCUT2D eigenvalue weighted by Crippen LogP contribution is -2.61. The molecule has 1 aromatic heterocycles. The van der Waals surface area contributed by atoms with Crippen LogP contribution in [0.5, 0.6) is 0 Å². The summed E-state index contributed by atoms with van der Waals surface area (Å²) in [6.45, 7) is 13.5. The molecule has 0 saturated carbocycles. The lowest BCUT2D eigenvalue weighted by molar-refractivity contribution is -0.0131. The first kappa shape index (κ1) is 17.9. The van der Waals surface area contributed by atoms with Crippen molar-refractivity contribution in [3.63, 3.8) is 0 Å². The summed E-state index contributed by atoms with van der Waals surface area (Å²) in [5.74, 6) is 2.04. The molecule has 6 heteroatoms. The number of nitrogens with zero attached hydrogens (tertiary/aromatic N) is 5. The first-order chi connectivity index (χ1) is 12.5. The van der Waals surface area contributed by atoms with Crippen molar-refractivity contribution in [3.8, 4) is 0 Å². The molecular formula is C20H31N5O. The van der Waals surface area contributed by atoms with Gasteiger partial charge in [0.1, 0.15) is 5.82 Å². The Hall–Kier alpha value is -1.53. The van der Waals surface area contributed by atoms with Crippen LogP contribution in [0.1, 0.15) is 54.5 Å². The molecule has 26 heavy (non-hydrogen) atoms. The summed E-state index contributed by atoms with van der Waals surface area (Å²) < 4.78 is 0. The highest BCUT2D eigenvalue weighted by Crippen LogP contribution is 2.31. The maximum Gasteiger partial charge on any atom is 0.257 e. The summed E-state index contributed by atoms with van der Waals surface area (Å²) in [5, 5.41) is 0. The molecule has 6 nitrogen and oxygen atoms in total. The van der Waals surface area contributed by atoms with Gasteiger partial charge in [-0.1, -0.05) is 13.8 Å². The van der Waals surface area contributed by atoms with Gasteiger partial charge in [-0.05, 0) is 38.8 Å². The standard InChI is InChI=1S/C20H31N5O/c1-14(2)19-21-12-17(15(3)22-19)20(26)25-10-8-24(9-11-25)18-13-23-6-4-16(18)5-7-23/h12,14,16,18H,4-11,13H2,1-3H3/t18-/m1/s1. The van der Waals surface area contributed by atoms with Crippen molar-refractivity contribution in [2.24, 2.45) is 5.92 Å². The van der Waals surface area contributed by atoms with E-state index in [0.29, 0.717) is 11.6 Å². The fraction of sp³-hybridized carbons (Fsp3) is 0.750. The Labute approximate surface area is 156 Å². The molecule has 2 bridgehead atoms. The van der Waals surface area contributed by atoms with Crippen LogP contribution in [0.3, 0.4) is 0 Å². The van der Waals surface area contributed by atoms with Crippen molar-refractivity contribution in [1.29, 1.82) is 0 Å². The van der Waals surface area contributed by atoms with E-state index >= 15 is 0 Å². The Bertz CT molecular complexity index is 660. The topological polar surface area (TPSA) is 52.6 Å². The Balaban J connectivity index is 1.38. The van der Waals surface area contributed by atoms with Crippen molar-refractivity contribution in [1.82, 2.24) is 24.7 Å². The minimum atomic E-state index is 0.0892. The van der Waals surface area contributed by atoms with E-state index in [9.17, 15) is 4.79 Å². The zero-order chi connectivity index (χ0) is 18.3. The number of rotatable bonds is 3.